The molecule has 6 heteroatoms. The minimum absolute atomic E-state index is 0.159. The number of rotatable bonds is 2. The van der Waals surface area contributed by atoms with Crippen LogP contribution in [0.15, 0.2) is 52.2 Å². The van der Waals surface area contributed by atoms with E-state index >= 15 is 0 Å². The molecule has 4 N–H and O–H groups in total. The molecule has 2 heterocycles. The van der Waals surface area contributed by atoms with E-state index in [0.29, 0.717) is 11.5 Å². The van der Waals surface area contributed by atoms with Crippen molar-refractivity contribution in [2.24, 2.45) is 16.7 Å². The fraction of sp³-hybridized carbons (Fsp3) is 0. The molecule has 94 valence electrons. The van der Waals surface area contributed by atoms with E-state index in [1.165, 1.54) is 0 Å². The summed E-state index contributed by atoms with van der Waals surface area (Å²) in [6.45, 7) is 0. The van der Waals surface area contributed by atoms with Crippen molar-refractivity contribution in [2.45, 2.75) is 0 Å². The SMILES string of the molecule is N/N=C(\N)c1ccc(-c2ccc3nccnc3c2)o1. The van der Waals surface area contributed by atoms with Crippen LogP contribution in [0.2, 0.25) is 0 Å². The van der Waals surface area contributed by atoms with Crippen molar-refractivity contribution in [3.63, 3.8) is 0 Å². The predicted octanol–water partition coefficient (Wildman–Crippen LogP) is 1.47. The van der Waals surface area contributed by atoms with Gasteiger partial charge in [0.2, 0.25) is 0 Å². The first kappa shape index (κ1) is 11.2. The third-order valence-electron chi connectivity index (χ3n) is 2.75. The molecule has 0 atom stereocenters. The number of nitrogens with zero attached hydrogens (tertiary/aromatic N) is 3. The van der Waals surface area contributed by atoms with Crippen molar-refractivity contribution in [3.05, 3.63) is 48.5 Å². The Bertz CT molecular complexity index is 762. The van der Waals surface area contributed by atoms with Gasteiger partial charge in [-0.15, -0.1) is 0 Å². The van der Waals surface area contributed by atoms with Gasteiger partial charge in [-0.05, 0) is 30.3 Å². The Kier molecular flexibility index (Phi) is 2.60. The van der Waals surface area contributed by atoms with Crippen LogP contribution in [0.4, 0.5) is 0 Å². The van der Waals surface area contributed by atoms with E-state index in [1.54, 1.807) is 18.5 Å². The zero-order chi connectivity index (χ0) is 13.2. The lowest BCUT2D eigenvalue weighted by Crippen LogP contribution is -2.14. The standard InChI is InChI=1S/C13H11N5O/c14-13(18-15)12-4-3-11(19-12)8-1-2-9-10(7-8)17-6-5-16-9/h1-7H,15H2,(H2,14,18). The summed E-state index contributed by atoms with van der Waals surface area (Å²) in [5.41, 5.74) is 8.12. The molecular weight excluding hydrogens is 242 g/mol. The molecule has 0 fully saturated rings. The molecule has 0 unspecified atom stereocenters. The Morgan fingerprint density at radius 2 is 1.84 bits per heavy atom. The van der Waals surface area contributed by atoms with Crippen LogP contribution in [-0.4, -0.2) is 15.8 Å². The molecule has 0 aliphatic rings. The number of aromatic nitrogens is 2. The Labute approximate surface area is 108 Å². The zero-order valence-electron chi connectivity index (χ0n) is 9.95. The number of benzene rings is 1. The second-order valence-corrected chi connectivity index (χ2v) is 3.94. The molecule has 0 radical (unpaired) electrons. The summed E-state index contributed by atoms with van der Waals surface area (Å²) in [7, 11) is 0. The minimum atomic E-state index is 0.159. The van der Waals surface area contributed by atoms with Gasteiger partial charge in [-0.1, -0.05) is 0 Å². The Morgan fingerprint density at radius 1 is 1.05 bits per heavy atom. The van der Waals surface area contributed by atoms with Gasteiger partial charge in [0.1, 0.15) is 5.76 Å². The van der Waals surface area contributed by atoms with Crippen LogP contribution < -0.4 is 11.6 Å². The van der Waals surface area contributed by atoms with Crippen molar-refractivity contribution >= 4 is 16.9 Å². The number of nitrogens with two attached hydrogens (primary N) is 2. The topological polar surface area (TPSA) is 103 Å². The van der Waals surface area contributed by atoms with E-state index in [4.69, 9.17) is 16.0 Å². The maximum Gasteiger partial charge on any atom is 0.186 e. The van der Waals surface area contributed by atoms with Crippen LogP contribution in [0, 0.1) is 0 Å². The maximum atomic E-state index is 5.59. The van der Waals surface area contributed by atoms with E-state index in [1.807, 2.05) is 24.3 Å². The number of hydrogen-bond acceptors (Lipinski definition) is 5. The number of hydrazone groups is 1. The largest absolute Gasteiger partial charge is 0.453 e. The summed E-state index contributed by atoms with van der Waals surface area (Å²) in [6, 6.07) is 9.24. The summed E-state index contributed by atoms with van der Waals surface area (Å²) >= 11 is 0. The Morgan fingerprint density at radius 3 is 2.63 bits per heavy atom. The van der Waals surface area contributed by atoms with Gasteiger partial charge in [-0.25, -0.2) is 0 Å². The third kappa shape index (κ3) is 1.99. The lowest BCUT2D eigenvalue weighted by molar-refractivity contribution is 0.571. The zero-order valence-corrected chi connectivity index (χ0v) is 9.95. The highest BCUT2D eigenvalue weighted by atomic mass is 16.3. The van der Waals surface area contributed by atoms with Crippen molar-refractivity contribution in [2.75, 3.05) is 0 Å². The maximum absolute atomic E-state index is 5.59. The second kappa shape index (κ2) is 4.41. The number of furan rings is 1. The first-order valence-electron chi connectivity index (χ1n) is 5.62. The molecular formula is C13H11N5O. The highest BCUT2D eigenvalue weighted by Crippen LogP contribution is 2.24. The number of fused-ring (bicyclic) bond motifs is 1. The second-order valence-electron chi connectivity index (χ2n) is 3.94. The normalized spacial score (nSPS) is 11.9. The van der Waals surface area contributed by atoms with Crippen LogP contribution in [-0.2, 0) is 0 Å². The van der Waals surface area contributed by atoms with E-state index < -0.39 is 0 Å². The minimum Gasteiger partial charge on any atom is -0.453 e. The van der Waals surface area contributed by atoms with Crippen LogP contribution >= 0.6 is 0 Å². The van der Waals surface area contributed by atoms with E-state index in [9.17, 15) is 0 Å². The highest BCUT2D eigenvalue weighted by molar-refractivity contribution is 5.95. The lowest BCUT2D eigenvalue weighted by Gasteiger charge is -1.99. The Balaban J connectivity index is 2.06. The molecule has 0 spiro atoms. The summed E-state index contributed by atoms with van der Waals surface area (Å²) in [5, 5.41) is 3.39. The van der Waals surface area contributed by atoms with Gasteiger partial charge in [0.25, 0.3) is 0 Å². The number of hydrogen-bond donors (Lipinski definition) is 2. The highest BCUT2D eigenvalue weighted by Gasteiger charge is 2.08. The quantitative estimate of drug-likeness (QED) is 0.311. The van der Waals surface area contributed by atoms with Crippen molar-refractivity contribution in [1.29, 1.82) is 0 Å². The van der Waals surface area contributed by atoms with Gasteiger partial charge in [0.15, 0.2) is 11.6 Å². The summed E-state index contributed by atoms with van der Waals surface area (Å²) in [6.07, 6.45) is 3.31. The van der Waals surface area contributed by atoms with Crippen LogP contribution in [0.5, 0.6) is 0 Å². The van der Waals surface area contributed by atoms with Crippen LogP contribution in [0.3, 0.4) is 0 Å². The van der Waals surface area contributed by atoms with Crippen molar-refractivity contribution in [1.82, 2.24) is 9.97 Å². The van der Waals surface area contributed by atoms with E-state index in [0.717, 1.165) is 16.6 Å². The van der Waals surface area contributed by atoms with Crippen molar-refractivity contribution < 1.29 is 4.42 Å². The van der Waals surface area contributed by atoms with Gasteiger partial charge in [0.05, 0.1) is 11.0 Å². The third-order valence-corrected chi connectivity index (χ3v) is 2.75. The van der Waals surface area contributed by atoms with Crippen molar-refractivity contribution in [3.8, 4) is 11.3 Å². The van der Waals surface area contributed by atoms with Gasteiger partial charge < -0.3 is 16.0 Å². The summed E-state index contributed by atoms with van der Waals surface area (Å²) in [4.78, 5) is 8.47. The molecule has 19 heavy (non-hydrogen) atoms. The van der Waals surface area contributed by atoms with E-state index in [-0.39, 0.29) is 5.84 Å². The number of amidine groups is 1. The first-order chi connectivity index (χ1) is 9.28. The van der Waals surface area contributed by atoms with Gasteiger partial charge in [-0.3, -0.25) is 9.97 Å². The monoisotopic (exact) mass is 253 g/mol. The van der Waals surface area contributed by atoms with Crippen LogP contribution in [0.25, 0.3) is 22.4 Å². The lowest BCUT2D eigenvalue weighted by atomic mass is 10.1. The average molecular weight is 253 g/mol. The molecule has 3 rings (SSSR count). The molecule has 0 bridgehead atoms. The van der Waals surface area contributed by atoms with Crippen LogP contribution in [0.1, 0.15) is 5.76 Å². The van der Waals surface area contributed by atoms with E-state index in [2.05, 4.69) is 15.1 Å². The molecule has 6 nitrogen and oxygen atoms in total. The fourth-order valence-corrected chi connectivity index (χ4v) is 1.81. The summed E-state index contributed by atoms with van der Waals surface area (Å²) < 4.78 is 5.59. The molecule has 0 aliphatic carbocycles. The smallest absolute Gasteiger partial charge is 0.186 e. The molecule has 0 amide bonds. The predicted molar refractivity (Wildman–Crippen MR) is 72.2 cm³/mol. The fourth-order valence-electron chi connectivity index (χ4n) is 1.81. The molecule has 0 saturated carbocycles. The van der Waals surface area contributed by atoms with Gasteiger partial charge in [-0.2, -0.15) is 5.10 Å². The molecule has 1 aromatic carbocycles. The molecule has 3 aromatic rings. The average Bonchev–Trinajstić information content (AvgIpc) is 2.95. The van der Waals surface area contributed by atoms with Gasteiger partial charge in [0, 0.05) is 18.0 Å². The first-order valence-corrected chi connectivity index (χ1v) is 5.62. The molecule has 0 aliphatic heterocycles. The Hall–Kier alpha value is -2.89. The van der Waals surface area contributed by atoms with Gasteiger partial charge >= 0.3 is 0 Å². The molecule has 2 aromatic heterocycles. The molecule has 0 saturated heterocycles. The summed E-state index contributed by atoms with van der Waals surface area (Å²) in [5.74, 6) is 6.39.